The molecule has 0 aliphatic rings. The number of sulfonamides is 1. The molecule has 0 aliphatic carbocycles. The summed E-state index contributed by atoms with van der Waals surface area (Å²) >= 11 is 1.10. The van der Waals surface area contributed by atoms with Crippen LogP contribution in [0.2, 0.25) is 0 Å². The highest BCUT2D eigenvalue weighted by Crippen LogP contribution is 2.29. The first-order chi connectivity index (χ1) is 14.7. The average Bonchev–Trinajstić information content (AvgIpc) is 3.08. The maximum absolute atomic E-state index is 12.9. The molecule has 0 fully saturated rings. The topological polar surface area (TPSA) is 102 Å². The van der Waals surface area contributed by atoms with Crippen molar-refractivity contribution in [2.75, 3.05) is 16.6 Å². The van der Waals surface area contributed by atoms with Crippen LogP contribution in [0.3, 0.4) is 0 Å². The molecule has 9 heteroatoms. The van der Waals surface area contributed by atoms with Gasteiger partial charge in [-0.15, -0.1) is 11.3 Å². The molecule has 162 valence electrons. The maximum atomic E-state index is 12.9. The Morgan fingerprint density at radius 2 is 1.71 bits per heavy atom. The van der Waals surface area contributed by atoms with E-state index in [9.17, 15) is 18.0 Å². The molecule has 0 bridgehead atoms. The Bertz CT molecular complexity index is 1210. The van der Waals surface area contributed by atoms with Crippen LogP contribution in [0.1, 0.15) is 38.1 Å². The summed E-state index contributed by atoms with van der Waals surface area (Å²) in [5.41, 5.74) is 1.93. The number of anilines is 2. The Morgan fingerprint density at radius 1 is 1.03 bits per heavy atom. The average molecular weight is 459 g/mol. The van der Waals surface area contributed by atoms with Crippen LogP contribution < -0.4 is 10.0 Å². The smallest absolute Gasteiger partial charge is 0.348 e. The monoisotopic (exact) mass is 458 g/mol. The van der Waals surface area contributed by atoms with E-state index in [-0.39, 0.29) is 22.8 Å². The van der Waals surface area contributed by atoms with E-state index in [2.05, 4.69) is 10.0 Å². The lowest BCUT2D eigenvalue weighted by molar-refractivity contribution is 0.0531. The van der Waals surface area contributed by atoms with Crippen molar-refractivity contribution < 1.29 is 22.7 Å². The molecule has 3 aromatic rings. The lowest BCUT2D eigenvalue weighted by atomic mass is 10.1. The summed E-state index contributed by atoms with van der Waals surface area (Å²) in [4.78, 5) is 25.4. The Labute approximate surface area is 185 Å². The van der Waals surface area contributed by atoms with Crippen LogP contribution in [0.25, 0.3) is 0 Å². The first-order valence-electron chi connectivity index (χ1n) is 9.48. The highest BCUT2D eigenvalue weighted by molar-refractivity contribution is 7.92. The third-order valence-electron chi connectivity index (χ3n) is 4.36. The molecule has 1 aromatic heterocycles. The minimum Gasteiger partial charge on any atom is -0.462 e. The number of amides is 1. The van der Waals surface area contributed by atoms with Gasteiger partial charge in [0.05, 0.1) is 27.8 Å². The lowest BCUT2D eigenvalue weighted by Crippen LogP contribution is -2.18. The fourth-order valence-corrected chi connectivity index (χ4v) is 4.85. The molecule has 0 unspecified atom stereocenters. The van der Waals surface area contributed by atoms with E-state index in [1.54, 1.807) is 44.2 Å². The zero-order valence-electron chi connectivity index (χ0n) is 17.3. The molecule has 1 amide bonds. The van der Waals surface area contributed by atoms with E-state index in [0.717, 1.165) is 16.9 Å². The molecule has 0 saturated heterocycles. The van der Waals surface area contributed by atoms with Crippen molar-refractivity contribution in [3.05, 3.63) is 76.2 Å². The summed E-state index contributed by atoms with van der Waals surface area (Å²) in [5.74, 6) is -0.948. The molecule has 31 heavy (non-hydrogen) atoms. The normalized spacial score (nSPS) is 11.1. The zero-order valence-corrected chi connectivity index (χ0v) is 18.9. The molecule has 0 aliphatic heterocycles. The Kier molecular flexibility index (Phi) is 6.77. The molecular formula is C22H22N2O5S2. The second-order valence-electron chi connectivity index (χ2n) is 6.76. The van der Waals surface area contributed by atoms with Gasteiger partial charge < -0.3 is 10.1 Å². The lowest BCUT2D eigenvalue weighted by Gasteiger charge is -2.12. The van der Waals surface area contributed by atoms with Crippen molar-refractivity contribution >= 4 is 43.9 Å². The second-order valence-corrected chi connectivity index (χ2v) is 9.50. The third-order valence-corrected chi connectivity index (χ3v) is 6.88. The number of esters is 1. The molecule has 3 rings (SSSR count). The van der Waals surface area contributed by atoms with Gasteiger partial charge in [-0.2, -0.15) is 0 Å². The third kappa shape index (κ3) is 5.31. The van der Waals surface area contributed by atoms with Crippen molar-refractivity contribution in [1.29, 1.82) is 0 Å². The van der Waals surface area contributed by atoms with Gasteiger partial charge in [-0.25, -0.2) is 13.2 Å². The van der Waals surface area contributed by atoms with Gasteiger partial charge in [0, 0.05) is 0 Å². The highest BCUT2D eigenvalue weighted by Gasteiger charge is 2.20. The molecule has 0 saturated carbocycles. The van der Waals surface area contributed by atoms with E-state index in [1.807, 2.05) is 6.92 Å². The van der Waals surface area contributed by atoms with E-state index in [0.29, 0.717) is 15.4 Å². The van der Waals surface area contributed by atoms with Gasteiger partial charge >= 0.3 is 5.97 Å². The van der Waals surface area contributed by atoms with Crippen LogP contribution in [0.15, 0.2) is 59.5 Å². The Balaban J connectivity index is 1.83. The number of para-hydroxylation sites is 1. The van der Waals surface area contributed by atoms with Crippen molar-refractivity contribution in [3.63, 3.8) is 0 Å². The van der Waals surface area contributed by atoms with Crippen molar-refractivity contribution in [1.82, 2.24) is 0 Å². The summed E-state index contributed by atoms with van der Waals surface area (Å²) in [6.07, 6.45) is 0. The fraction of sp³-hybridized carbons (Fsp3) is 0.182. The number of aryl methyl sites for hydroxylation is 2. The standard InChI is InChI=1S/C22H22N2O5S2/c1-4-29-22(26)20-15(3)13-19(30-20)23-21(25)17-7-5-6-8-18(17)24-31(27,28)16-11-9-14(2)10-12-16/h5-13,24H,4H2,1-3H3,(H,23,25). The SMILES string of the molecule is CCOC(=O)c1sc(NC(=O)c2ccccc2NS(=O)(=O)c2ccc(C)cc2)cc1C. The zero-order chi connectivity index (χ0) is 22.6. The van der Waals surface area contributed by atoms with E-state index >= 15 is 0 Å². The number of carbonyl (C=O) groups is 2. The van der Waals surface area contributed by atoms with Crippen LogP contribution in [0, 0.1) is 13.8 Å². The quantitative estimate of drug-likeness (QED) is 0.504. The second kappa shape index (κ2) is 9.32. The van der Waals surface area contributed by atoms with Crippen LogP contribution in [0.4, 0.5) is 10.7 Å². The van der Waals surface area contributed by atoms with E-state index < -0.39 is 21.9 Å². The first-order valence-corrected chi connectivity index (χ1v) is 11.8. The van der Waals surface area contributed by atoms with Crippen LogP contribution >= 0.6 is 11.3 Å². The number of carbonyl (C=O) groups excluding carboxylic acids is 2. The molecule has 0 spiro atoms. The van der Waals surface area contributed by atoms with Gasteiger partial charge in [0.15, 0.2) is 0 Å². The van der Waals surface area contributed by atoms with E-state index in [4.69, 9.17) is 4.74 Å². The molecule has 0 atom stereocenters. The summed E-state index contributed by atoms with van der Waals surface area (Å²) in [6.45, 7) is 5.59. The first kappa shape index (κ1) is 22.5. The largest absolute Gasteiger partial charge is 0.462 e. The van der Waals surface area contributed by atoms with Gasteiger partial charge in [-0.05, 0) is 56.7 Å². The highest BCUT2D eigenvalue weighted by atomic mass is 32.2. The molecule has 1 heterocycles. The number of hydrogen-bond acceptors (Lipinski definition) is 6. The summed E-state index contributed by atoms with van der Waals surface area (Å²) in [5, 5.41) is 3.19. The number of thiophene rings is 1. The predicted molar refractivity (Wildman–Crippen MR) is 121 cm³/mol. The van der Waals surface area contributed by atoms with Gasteiger partial charge in [0.25, 0.3) is 15.9 Å². The van der Waals surface area contributed by atoms with Crippen LogP contribution in [-0.4, -0.2) is 26.9 Å². The predicted octanol–water partition coefficient (Wildman–Crippen LogP) is 4.59. The number of benzene rings is 2. The summed E-state index contributed by atoms with van der Waals surface area (Å²) < 4.78 is 33.0. The van der Waals surface area contributed by atoms with Gasteiger partial charge in [-0.3, -0.25) is 9.52 Å². The number of hydrogen-bond donors (Lipinski definition) is 2. The summed E-state index contributed by atoms with van der Waals surface area (Å²) in [7, 11) is -3.87. The number of nitrogens with one attached hydrogen (secondary N) is 2. The Morgan fingerprint density at radius 3 is 2.39 bits per heavy atom. The molecular weight excluding hydrogens is 436 g/mol. The van der Waals surface area contributed by atoms with Crippen molar-refractivity contribution in [2.45, 2.75) is 25.7 Å². The van der Waals surface area contributed by atoms with Gasteiger partial charge in [0.2, 0.25) is 0 Å². The minimum absolute atomic E-state index is 0.0984. The van der Waals surface area contributed by atoms with E-state index in [1.165, 1.54) is 24.3 Å². The summed E-state index contributed by atoms with van der Waals surface area (Å²) in [6, 6.07) is 14.4. The molecule has 0 radical (unpaired) electrons. The molecule has 7 nitrogen and oxygen atoms in total. The van der Waals surface area contributed by atoms with Crippen LogP contribution in [-0.2, 0) is 14.8 Å². The number of rotatable bonds is 7. The minimum atomic E-state index is -3.87. The molecule has 2 aromatic carbocycles. The van der Waals surface area contributed by atoms with Gasteiger partial charge in [-0.1, -0.05) is 29.8 Å². The fourth-order valence-electron chi connectivity index (χ4n) is 2.81. The number of ether oxygens (including phenoxy) is 1. The maximum Gasteiger partial charge on any atom is 0.348 e. The van der Waals surface area contributed by atoms with Crippen molar-refractivity contribution in [2.24, 2.45) is 0 Å². The Hall–Kier alpha value is -3.17. The van der Waals surface area contributed by atoms with Crippen molar-refractivity contribution in [3.8, 4) is 0 Å². The van der Waals surface area contributed by atoms with Gasteiger partial charge in [0.1, 0.15) is 4.88 Å². The van der Waals surface area contributed by atoms with Crippen LogP contribution in [0.5, 0.6) is 0 Å². The molecule has 2 N–H and O–H groups in total.